The predicted octanol–water partition coefficient (Wildman–Crippen LogP) is 1.67. The Morgan fingerprint density at radius 3 is 2.89 bits per heavy atom. The first-order valence-electron chi connectivity index (χ1n) is 5.61. The van der Waals surface area contributed by atoms with Gasteiger partial charge in [0.2, 0.25) is 5.88 Å². The second-order valence-electron chi connectivity index (χ2n) is 3.91. The molecule has 94 valence electrons. The highest BCUT2D eigenvalue weighted by atomic mass is 16.5. The minimum absolute atomic E-state index is 0.136. The van der Waals surface area contributed by atoms with Crippen molar-refractivity contribution in [3.63, 3.8) is 0 Å². The molecule has 0 atom stereocenters. The molecule has 0 spiro atoms. The largest absolute Gasteiger partial charge is 0.367 e. The van der Waals surface area contributed by atoms with Gasteiger partial charge in [-0.25, -0.2) is 0 Å². The van der Waals surface area contributed by atoms with Gasteiger partial charge in [-0.05, 0) is 12.1 Å². The molecule has 6 heteroatoms. The molecule has 0 fully saturated rings. The van der Waals surface area contributed by atoms with Crippen LogP contribution in [0.3, 0.4) is 0 Å². The third-order valence-electron chi connectivity index (χ3n) is 2.72. The summed E-state index contributed by atoms with van der Waals surface area (Å²) in [6, 6.07) is 6.82. The van der Waals surface area contributed by atoms with Gasteiger partial charge in [-0.2, -0.15) is 0 Å². The van der Waals surface area contributed by atoms with Crippen molar-refractivity contribution in [3.05, 3.63) is 53.1 Å². The van der Waals surface area contributed by atoms with Crippen LogP contribution >= 0.6 is 0 Å². The number of nitrogen functional groups attached to an aromatic ring is 1. The molecule has 19 heavy (non-hydrogen) atoms. The van der Waals surface area contributed by atoms with E-state index in [1.165, 1.54) is 6.07 Å². The maximum atomic E-state index is 11.8. The van der Waals surface area contributed by atoms with Crippen molar-refractivity contribution in [1.29, 1.82) is 0 Å². The van der Waals surface area contributed by atoms with E-state index in [0.29, 0.717) is 22.5 Å². The SMILES string of the molecule is Nc1onc(-c2c[nH]ccc2=O)c1-c1ccccn1. The Kier molecular flexibility index (Phi) is 2.60. The fourth-order valence-corrected chi connectivity index (χ4v) is 1.85. The summed E-state index contributed by atoms with van der Waals surface area (Å²) >= 11 is 0. The molecule has 0 aliphatic rings. The predicted molar refractivity (Wildman–Crippen MR) is 70.2 cm³/mol. The van der Waals surface area contributed by atoms with E-state index in [9.17, 15) is 4.79 Å². The quantitative estimate of drug-likeness (QED) is 0.725. The number of pyridine rings is 2. The molecule has 3 N–H and O–H groups in total. The summed E-state index contributed by atoms with van der Waals surface area (Å²) < 4.78 is 4.99. The van der Waals surface area contributed by atoms with Gasteiger partial charge in [0.25, 0.3) is 0 Å². The molecule has 0 aliphatic heterocycles. The summed E-state index contributed by atoms with van der Waals surface area (Å²) in [6.45, 7) is 0. The molecule has 3 rings (SSSR count). The standard InChI is InChI=1S/C13H10N4O2/c14-13-11(9-3-1-2-5-16-9)12(17-19-13)8-7-15-6-4-10(8)18/h1-7H,14H2,(H,15,18). The summed E-state index contributed by atoms with van der Waals surface area (Å²) in [7, 11) is 0. The average molecular weight is 254 g/mol. The summed E-state index contributed by atoms with van der Waals surface area (Å²) in [4.78, 5) is 18.9. The van der Waals surface area contributed by atoms with Gasteiger partial charge in [0.05, 0.1) is 16.8 Å². The van der Waals surface area contributed by atoms with Crippen molar-refractivity contribution in [2.45, 2.75) is 0 Å². The zero-order chi connectivity index (χ0) is 13.2. The Labute approximate surface area is 107 Å². The Hall–Kier alpha value is -2.89. The molecule has 6 nitrogen and oxygen atoms in total. The molecule has 0 bridgehead atoms. The second kappa shape index (κ2) is 4.41. The normalized spacial score (nSPS) is 10.5. The fourth-order valence-electron chi connectivity index (χ4n) is 1.85. The Balaban J connectivity index is 2.26. The number of aromatic nitrogens is 3. The van der Waals surface area contributed by atoms with Gasteiger partial charge >= 0.3 is 0 Å². The van der Waals surface area contributed by atoms with Crippen LogP contribution in [0.5, 0.6) is 0 Å². The molecule has 0 unspecified atom stereocenters. The van der Waals surface area contributed by atoms with E-state index in [0.717, 1.165) is 0 Å². The molecule has 0 saturated heterocycles. The van der Waals surface area contributed by atoms with Crippen molar-refractivity contribution < 1.29 is 4.52 Å². The third-order valence-corrected chi connectivity index (χ3v) is 2.72. The molecule has 0 amide bonds. The number of hydrogen-bond donors (Lipinski definition) is 2. The summed E-state index contributed by atoms with van der Waals surface area (Å²) in [6.07, 6.45) is 4.75. The number of nitrogens with zero attached hydrogens (tertiary/aromatic N) is 2. The number of nitrogens with one attached hydrogen (secondary N) is 1. The van der Waals surface area contributed by atoms with Crippen molar-refractivity contribution in [2.75, 3.05) is 5.73 Å². The lowest BCUT2D eigenvalue weighted by atomic mass is 10.1. The van der Waals surface area contributed by atoms with Crippen molar-refractivity contribution in [2.24, 2.45) is 0 Å². The number of H-pyrrole nitrogens is 1. The number of aromatic amines is 1. The molecule has 0 saturated carbocycles. The van der Waals surface area contributed by atoms with E-state index < -0.39 is 0 Å². The lowest BCUT2D eigenvalue weighted by Crippen LogP contribution is -2.04. The fraction of sp³-hybridized carbons (Fsp3) is 0. The van der Waals surface area contributed by atoms with Crippen molar-refractivity contribution in [3.8, 4) is 22.5 Å². The maximum Gasteiger partial charge on any atom is 0.232 e. The highest BCUT2D eigenvalue weighted by Crippen LogP contribution is 2.33. The zero-order valence-electron chi connectivity index (χ0n) is 9.83. The monoisotopic (exact) mass is 254 g/mol. The number of hydrogen-bond acceptors (Lipinski definition) is 5. The Morgan fingerprint density at radius 1 is 1.26 bits per heavy atom. The maximum absolute atomic E-state index is 11.8. The molecule has 0 radical (unpaired) electrons. The van der Waals surface area contributed by atoms with Gasteiger partial charge in [0, 0.05) is 24.7 Å². The lowest BCUT2D eigenvalue weighted by Gasteiger charge is -2.00. The first-order valence-corrected chi connectivity index (χ1v) is 5.61. The molecule has 0 aromatic carbocycles. The van der Waals surface area contributed by atoms with E-state index in [1.807, 2.05) is 6.07 Å². The van der Waals surface area contributed by atoms with Crippen LogP contribution in [0.4, 0.5) is 5.88 Å². The van der Waals surface area contributed by atoms with Crippen LogP contribution in [0.1, 0.15) is 0 Å². The third kappa shape index (κ3) is 1.89. The Bertz CT molecular complexity index is 762. The van der Waals surface area contributed by atoms with Crippen molar-refractivity contribution >= 4 is 5.88 Å². The molecule has 0 aliphatic carbocycles. The van der Waals surface area contributed by atoms with Crippen LogP contribution in [-0.4, -0.2) is 15.1 Å². The van der Waals surface area contributed by atoms with Crippen LogP contribution in [0.25, 0.3) is 22.5 Å². The van der Waals surface area contributed by atoms with Gasteiger partial charge in [0.1, 0.15) is 5.69 Å². The molecule has 3 heterocycles. The van der Waals surface area contributed by atoms with Crippen LogP contribution in [0.15, 0.2) is 52.2 Å². The molecule has 3 aromatic heterocycles. The first kappa shape index (κ1) is 11.2. The smallest absolute Gasteiger partial charge is 0.232 e. The van der Waals surface area contributed by atoms with Gasteiger partial charge in [-0.3, -0.25) is 9.78 Å². The van der Waals surface area contributed by atoms with Crippen LogP contribution < -0.4 is 11.2 Å². The lowest BCUT2D eigenvalue weighted by molar-refractivity contribution is 0.439. The van der Waals surface area contributed by atoms with Crippen LogP contribution in [-0.2, 0) is 0 Å². The Morgan fingerprint density at radius 2 is 2.16 bits per heavy atom. The minimum atomic E-state index is -0.163. The van der Waals surface area contributed by atoms with E-state index in [4.69, 9.17) is 10.3 Å². The molecular formula is C13H10N4O2. The topological polar surface area (TPSA) is 97.8 Å². The van der Waals surface area contributed by atoms with Gasteiger partial charge in [-0.1, -0.05) is 11.2 Å². The summed E-state index contributed by atoms with van der Waals surface area (Å²) in [5.74, 6) is 0.136. The first-order chi connectivity index (χ1) is 9.27. The summed E-state index contributed by atoms with van der Waals surface area (Å²) in [5.41, 5.74) is 7.53. The summed E-state index contributed by atoms with van der Waals surface area (Å²) in [5, 5.41) is 3.86. The van der Waals surface area contributed by atoms with Gasteiger partial charge in [-0.15, -0.1) is 0 Å². The number of rotatable bonds is 2. The van der Waals surface area contributed by atoms with Gasteiger partial charge in [0.15, 0.2) is 5.43 Å². The van der Waals surface area contributed by atoms with Crippen molar-refractivity contribution in [1.82, 2.24) is 15.1 Å². The van der Waals surface area contributed by atoms with E-state index >= 15 is 0 Å². The van der Waals surface area contributed by atoms with Crippen LogP contribution in [0, 0.1) is 0 Å². The zero-order valence-corrected chi connectivity index (χ0v) is 9.83. The van der Waals surface area contributed by atoms with E-state index in [1.54, 1.807) is 30.7 Å². The highest BCUT2D eigenvalue weighted by molar-refractivity contribution is 5.84. The van der Waals surface area contributed by atoms with E-state index in [2.05, 4.69) is 15.1 Å². The number of nitrogens with two attached hydrogens (primary N) is 1. The van der Waals surface area contributed by atoms with E-state index in [-0.39, 0.29) is 11.3 Å². The molecular weight excluding hydrogens is 244 g/mol. The molecule has 3 aromatic rings. The van der Waals surface area contributed by atoms with Gasteiger partial charge < -0.3 is 15.2 Å². The highest BCUT2D eigenvalue weighted by Gasteiger charge is 2.19. The average Bonchev–Trinajstić information content (AvgIpc) is 2.82. The second-order valence-corrected chi connectivity index (χ2v) is 3.91. The minimum Gasteiger partial charge on any atom is -0.367 e. The number of anilines is 1. The van der Waals surface area contributed by atoms with Crippen LogP contribution in [0.2, 0.25) is 0 Å².